The molecule has 2 aromatic heterocycles. The van der Waals surface area contributed by atoms with Gasteiger partial charge in [-0.3, -0.25) is 33.4 Å². The van der Waals surface area contributed by atoms with Gasteiger partial charge in [-0.1, -0.05) is 0 Å². The minimum absolute atomic E-state index is 0.145. The van der Waals surface area contributed by atoms with E-state index < -0.39 is 6.29 Å². The Morgan fingerprint density at radius 1 is 1.30 bits per heavy atom. The third kappa shape index (κ3) is 2.71. The smallest absolute Gasteiger partial charge is 0.204 e. The lowest BCUT2D eigenvalue weighted by molar-refractivity contribution is 0.497. The zero-order valence-electron chi connectivity index (χ0n) is 9.89. The Morgan fingerprint density at radius 2 is 2.05 bits per heavy atom. The highest BCUT2D eigenvalue weighted by Crippen LogP contribution is 2.23. The molecular formula is C5H11N15-2. The van der Waals surface area contributed by atoms with E-state index in [2.05, 4.69) is 52.5 Å². The van der Waals surface area contributed by atoms with Crippen LogP contribution >= 0.6 is 0 Å². The highest BCUT2D eigenvalue weighted by atomic mass is 15.6. The van der Waals surface area contributed by atoms with Gasteiger partial charge in [0.15, 0.2) is 11.6 Å². The van der Waals surface area contributed by atoms with Crippen LogP contribution in [-0.2, 0) is 0 Å². The summed E-state index contributed by atoms with van der Waals surface area (Å²) in [5.74, 6) is 15.4. The van der Waals surface area contributed by atoms with Crippen molar-refractivity contribution in [3.63, 3.8) is 0 Å². The van der Waals surface area contributed by atoms with Crippen LogP contribution in [0, 0.1) is 5.41 Å². The maximum Gasteiger partial charge on any atom is 0.204 e. The lowest BCUT2D eigenvalue weighted by Gasteiger charge is -2.24. The van der Waals surface area contributed by atoms with E-state index in [9.17, 15) is 0 Å². The molecule has 2 aromatic rings. The van der Waals surface area contributed by atoms with E-state index in [1.165, 1.54) is 4.40 Å². The van der Waals surface area contributed by atoms with Crippen LogP contribution in [0.2, 0.25) is 0 Å². The van der Waals surface area contributed by atoms with Gasteiger partial charge in [-0.2, -0.15) is 0 Å². The normalized spacial score (nSPS) is 11.8. The van der Waals surface area contributed by atoms with Gasteiger partial charge in [0.1, 0.15) is 0 Å². The maximum absolute atomic E-state index is 7.23. The second kappa shape index (κ2) is 6.06. The summed E-state index contributed by atoms with van der Waals surface area (Å²) < 4.78 is 1.48. The first-order valence-electron chi connectivity index (χ1n) is 5.03. The first kappa shape index (κ1) is 13.9. The van der Waals surface area contributed by atoms with Crippen molar-refractivity contribution in [1.82, 2.24) is 40.6 Å². The van der Waals surface area contributed by atoms with Crippen LogP contribution in [0.4, 0.5) is 11.9 Å². The number of hydrogen-bond acceptors (Lipinski definition) is 12. The van der Waals surface area contributed by atoms with E-state index in [1.807, 2.05) is 0 Å². The lowest BCUT2D eigenvalue weighted by atomic mass is 10.8. The van der Waals surface area contributed by atoms with Crippen molar-refractivity contribution >= 4 is 17.7 Å². The first-order valence-corrected chi connectivity index (χ1v) is 5.03. The summed E-state index contributed by atoms with van der Waals surface area (Å²) in [6.07, 6.45) is -0.556. The molecule has 15 heteroatoms. The highest BCUT2D eigenvalue weighted by Gasteiger charge is 2.07. The maximum atomic E-state index is 7.23. The number of nitrogens with two attached hydrogens (primary N) is 3. The van der Waals surface area contributed by atoms with Gasteiger partial charge in [-0.25, -0.2) is 4.98 Å². The Morgan fingerprint density at radius 3 is 2.65 bits per heavy atom. The average molecular weight is 281 g/mol. The van der Waals surface area contributed by atoms with Gasteiger partial charge in [0.2, 0.25) is 5.78 Å². The number of nitrogens with one attached hydrogen (secondary N) is 4. The van der Waals surface area contributed by atoms with Crippen molar-refractivity contribution in [2.45, 2.75) is 6.29 Å². The molecule has 20 heavy (non-hydrogen) atoms. The van der Waals surface area contributed by atoms with E-state index in [0.717, 1.165) is 0 Å². The van der Waals surface area contributed by atoms with Crippen LogP contribution in [-0.4, -0.2) is 36.1 Å². The molecule has 108 valence electrons. The third-order valence-electron chi connectivity index (χ3n) is 2.02. The van der Waals surface area contributed by atoms with Gasteiger partial charge >= 0.3 is 0 Å². The van der Waals surface area contributed by atoms with E-state index in [4.69, 9.17) is 22.9 Å². The summed E-state index contributed by atoms with van der Waals surface area (Å²) in [6.45, 7) is 0. The van der Waals surface area contributed by atoms with E-state index in [-0.39, 0.29) is 11.4 Å². The van der Waals surface area contributed by atoms with Gasteiger partial charge in [-0.15, -0.1) is 10.2 Å². The van der Waals surface area contributed by atoms with Crippen molar-refractivity contribution in [2.24, 2.45) is 17.5 Å². The molecule has 0 aromatic carbocycles. The van der Waals surface area contributed by atoms with Crippen molar-refractivity contribution in [3.05, 3.63) is 16.5 Å². The second-order valence-electron chi connectivity index (χ2n) is 3.20. The third-order valence-corrected chi connectivity index (χ3v) is 2.02. The molecule has 3 heterocycles. The standard InChI is InChI=1S/C4H2N9.CH9N6/c5-1-6-2-8-9-4-11-12-10-3(7-1)13(2)4;2-5-1(6-3)7-4/h(H2-,5,6,7,8,9,10,11);1,5-6H,2-4H2/q2*-1. The second-order valence-corrected chi connectivity index (χ2v) is 3.20. The quantitative estimate of drug-likeness (QED) is 0.163. The SMILES string of the molecule is N=c1nc2n3c(nnnc3n1)N[N-]2.N[N-]C(NN)NN. The van der Waals surface area contributed by atoms with Crippen molar-refractivity contribution in [3.8, 4) is 0 Å². The van der Waals surface area contributed by atoms with Crippen molar-refractivity contribution < 1.29 is 0 Å². The lowest BCUT2D eigenvalue weighted by Crippen LogP contribution is -2.49. The van der Waals surface area contributed by atoms with Crippen LogP contribution in [0.1, 0.15) is 0 Å². The first-order chi connectivity index (χ1) is 9.69. The zero-order valence-corrected chi connectivity index (χ0v) is 9.89. The van der Waals surface area contributed by atoms with Crippen LogP contribution in [0.25, 0.3) is 16.6 Å². The fourth-order valence-corrected chi connectivity index (χ4v) is 1.19. The van der Waals surface area contributed by atoms with Crippen LogP contribution < -0.4 is 39.4 Å². The van der Waals surface area contributed by atoms with Crippen LogP contribution in [0.15, 0.2) is 0 Å². The Balaban J connectivity index is 0.000000182. The zero-order chi connectivity index (χ0) is 14.5. The molecule has 0 fully saturated rings. The molecule has 0 saturated heterocycles. The van der Waals surface area contributed by atoms with Gasteiger partial charge in [0.05, 0.1) is 5.95 Å². The molecule has 1 aliphatic heterocycles. The monoisotopic (exact) mass is 281 g/mol. The van der Waals surface area contributed by atoms with E-state index in [0.29, 0.717) is 11.9 Å². The number of anilines is 1. The molecule has 3 rings (SSSR count). The molecular weight excluding hydrogens is 270 g/mol. The summed E-state index contributed by atoms with van der Waals surface area (Å²) in [6, 6.07) is 0. The number of hydrazine groups is 2. The summed E-state index contributed by atoms with van der Waals surface area (Å²) in [5.41, 5.74) is 13.7. The van der Waals surface area contributed by atoms with Crippen molar-refractivity contribution in [2.75, 3.05) is 5.43 Å². The van der Waals surface area contributed by atoms with Crippen LogP contribution in [0.3, 0.4) is 0 Å². The van der Waals surface area contributed by atoms with Gasteiger partial charge in [0.25, 0.3) is 0 Å². The summed E-state index contributed by atoms with van der Waals surface area (Å²) in [4.78, 5) is 7.50. The predicted octanol–water partition coefficient (Wildman–Crippen LogP) is -3.82. The summed E-state index contributed by atoms with van der Waals surface area (Å²) in [7, 11) is 0. The minimum Gasteiger partial charge on any atom is -0.570 e. The molecule has 0 bridgehead atoms. The van der Waals surface area contributed by atoms with Gasteiger partial charge in [0, 0.05) is 6.29 Å². The van der Waals surface area contributed by atoms with Gasteiger partial charge in [-0.05, 0) is 5.21 Å². The molecule has 0 unspecified atom stereocenters. The summed E-state index contributed by atoms with van der Waals surface area (Å²) >= 11 is 0. The Hall–Kier alpha value is -2.56. The molecule has 0 spiro atoms. The van der Waals surface area contributed by atoms with E-state index >= 15 is 0 Å². The van der Waals surface area contributed by atoms with Crippen molar-refractivity contribution in [1.29, 1.82) is 5.41 Å². The topological polar surface area (TPSA) is 235 Å². The molecule has 15 nitrogen and oxygen atoms in total. The van der Waals surface area contributed by atoms with Gasteiger partial charge < -0.3 is 26.1 Å². The Kier molecular flexibility index (Phi) is 4.20. The number of rotatable bonds is 3. The number of nitrogens with zero attached hydrogens (tertiary/aromatic N) is 8. The van der Waals surface area contributed by atoms with Crippen LogP contribution in [0.5, 0.6) is 0 Å². The molecule has 0 atom stereocenters. The largest absolute Gasteiger partial charge is 0.570 e. The Bertz CT molecular complexity index is 622. The fraction of sp³-hybridized carbons (Fsp3) is 0.200. The summed E-state index contributed by atoms with van der Waals surface area (Å²) in [5, 5.41) is 18.0. The van der Waals surface area contributed by atoms with E-state index in [1.54, 1.807) is 0 Å². The fourth-order valence-electron chi connectivity index (χ4n) is 1.19. The minimum atomic E-state index is -0.556. The Labute approximate surface area is 110 Å². The number of hydrogen-bond donors (Lipinski definition) is 7. The molecule has 1 aliphatic rings. The number of aromatic nitrogens is 6. The molecule has 0 amide bonds. The molecule has 0 aliphatic carbocycles. The molecule has 0 saturated carbocycles. The molecule has 0 radical (unpaired) electrons. The average Bonchev–Trinajstić information content (AvgIpc) is 2.86. The predicted molar refractivity (Wildman–Crippen MR) is 64.8 cm³/mol. The molecule has 10 N–H and O–H groups in total. The highest BCUT2D eigenvalue weighted by molar-refractivity contribution is 5.57.